The molecule has 5 nitrogen and oxygen atoms in total. The van der Waals surface area contributed by atoms with Crippen molar-refractivity contribution in [3.8, 4) is 16.9 Å². The first-order valence-electron chi connectivity index (χ1n) is 8.69. The molecule has 0 bridgehead atoms. The summed E-state index contributed by atoms with van der Waals surface area (Å²) in [6.45, 7) is 0.368. The van der Waals surface area contributed by atoms with Crippen molar-refractivity contribution < 1.29 is 23.8 Å². The maximum Gasteiger partial charge on any atom is 0.337 e. The molecule has 3 aromatic carbocycles. The van der Waals surface area contributed by atoms with Crippen LogP contribution in [0.25, 0.3) is 11.1 Å². The zero-order chi connectivity index (χ0) is 19.9. The van der Waals surface area contributed by atoms with Gasteiger partial charge in [-0.3, -0.25) is 0 Å². The fourth-order valence-corrected chi connectivity index (χ4v) is 2.73. The zero-order valence-electron chi connectivity index (χ0n) is 15.7. The molecular formula is C23H20O5. The van der Waals surface area contributed by atoms with Crippen LogP contribution in [0.4, 0.5) is 0 Å². The van der Waals surface area contributed by atoms with E-state index in [1.165, 1.54) is 14.2 Å². The Kier molecular flexibility index (Phi) is 6.07. The first-order chi connectivity index (χ1) is 13.6. The SMILES string of the molecule is COC(=O)c1ccc(COc2cccc(-c3cccc(C(=O)OC)c3)c2)cc1. The molecule has 0 saturated heterocycles. The van der Waals surface area contributed by atoms with Crippen molar-refractivity contribution >= 4 is 11.9 Å². The Hall–Kier alpha value is -3.60. The molecule has 0 saturated carbocycles. The van der Waals surface area contributed by atoms with Crippen LogP contribution < -0.4 is 4.74 Å². The van der Waals surface area contributed by atoms with Gasteiger partial charge < -0.3 is 14.2 Å². The maximum absolute atomic E-state index is 11.7. The second-order valence-corrected chi connectivity index (χ2v) is 6.08. The Morgan fingerprint density at radius 2 is 1.32 bits per heavy atom. The third kappa shape index (κ3) is 4.57. The molecule has 3 rings (SSSR count). The number of ether oxygens (including phenoxy) is 3. The molecule has 0 amide bonds. The number of rotatable bonds is 6. The summed E-state index contributed by atoms with van der Waals surface area (Å²) in [7, 11) is 2.72. The highest BCUT2D eigenvalue weighted by Gasteiger charge is 2.08. The second-order valence-electron chi connectivity index (χ2n) is 6.08. The lowest BCUT2D eigenvalue weighted by Crippen LogP contribution is -2.02. The van der Waals surface area contributed by atoms with Crippen LogP contribution in [0.2, 0.25) is 0 Å². The standard InChI is InChI=1S/C23H20O5/c1-26-22(24)17-11-9-16(10-12-17)15-28-21-8-4-6-19(14-21)18-5-3-7-20(13-18)23(25)27-2/h3-14H,15H2,1-2H3. The summed E-state index contributed by atoms with van der Waals surface area (Å²) < 4.78 is 15.3. The van der Waals surface area contributed by atoms with E-state index < -0.39 is 0 Å². The number of carbonyl (C=O) groups excluding carboxylic acids is 2. The van der Waals surface area contributed by atoms with Gasteiger partial charge in [0.05, 0.1) is 25.3 Å². The van der Waals surface area contributed by atoms with E-state index in [0.29, 0.717) is 23.5 Å². The number of esters is 2. The first-order valence-corrected chi connectivity index (χ1v) is 8.69. The minimum Gasteiger partial charge on any atom is -0.489 e. The van der Waals surface area contributed by atoms with Gasteiger partial charge in [-0.1, -0.05) is 36.4 Å². The monoisotopic (exact) mass is 376 g/mol. The molecule has 0 N–H and O–H groups in total. The van der Waals surface area contributed by atoms with Gasteiger partial charge in [0.15, 0.2) is 0 Å². The molecule has 0 aliphatic heterocycles. The Morgan fingerprint density at radius 3 is 2.00 bits per heavy atom. The molecule has 5 heteroatoms. The Balaban J connectivity index is 1.72. The Morgan fingerprint density at radius 1 is 0.714 bits per heavy atom. The molecule has 0 aliphatic carbocycles. The summed E-state index contributed by atoms with van der Waals surface area (Å²) in [5.74, 6) is -0.0305. The van der Waals surface area contributed by atoms with Gasteiger partial charge in [-0.2, -0.15) is 0 Å². The third-order valence-electron chi connectivity index (χ3n) is 4.23. The van der Waals surface area contributed by atoms with Crippen LogP contribution in [0.3, 0.4) is 0 Å². The zero-order valence-corrected chi connectivity index (χ0v) is 15.7. The van der Waals surface area contributed by atoms with E-state index in [1.807, 2.05) is 48.5 Å². The van der Waals surface area contributed by atoms with Gasteiger partial charge >= 0.3 is 11.9 Å². The largest absolute Gasteiger partial charge is 0.489 e. The van der Waals surface area contributed by atoms with Gasteiger partial charge in [-0.15, -0.1) is 0 Å². The summed E-state index contributed by atoms with van der Waals surface area (Å²) in [5, 5.41) is 0. The van der Waals surface area contributed by atoms with E-state index in [1.54, 1.807) is 24.3 Å². The molecule has 0 heterocycles. The number of hydrogen-bond acceptors (Lipinski definition) is 5. The van der Waals surface area contributed by atoms with Crippen LogP contribution in [-0.4, -0.2) is 26.2 Å². The van der Waals surface area contributed by atoms with Gasteiger partial charge in [-0.25, -0.2) is 9.59 Å². The van der Waals surface area contributed by atoms with Crippen molar-refractivity contribution in [2.45, 2.75) is 6.61 Å². The van der Waals surface area contributed by atoms with Gasteiger partial charge in [0, 0.05) is 0 Å². The van der Waals surface area contributed by atoms with Gasteiger partial charge in [-0.05, 0) is 53.1 Å². The minimum atomic E-state index is -0.371. The van der Waals surface area contributed by atoms with E-state index in [4.69, 9.17) is 14.2 Å². The van der Waals surface area contributed by atoms with Crippen LogP contribution in [-0.2, 0) is 16.1 Å². The topological polar surface area (TPSA) is 61.8 Å². The van der Waals surface area contributed by atoms with Gasteiger partial charge in [0.1, 0.15) is 12.4 Å². The molecule has 0 fully saturated rings. The highest BCUT2D eigenvalue weighted by Crippen LogP contribution is 2.25. The number of methoxy groups -OCH3 is 2. The van der Waals surface area contributed by atoms with E-state index >= 15 is 0 Å². The van der Waals surface area contributed by atoms with E-state index in [9.17, 15) is 9.59 Å². The highest BCUT2D eigenvalue weighted by molar-refractivity contribution is 5.91. The molecule has 0 aliphatic rings. The van der Waals surface area contributed by atoms with E-state index in [0.717, 1.165) is 16.7 Å². The normalized spacial score (nSPS) is 10.2. The summed E-state index contributed by atoms with van der Waals surface area (Å²) in [5.41, 5.74) is 3.77. The lowest BCUT2D eigenvalue weighted by atomic mass is 10.0. The van der Waals surface area contributed by atoms with Gasteiger partial charge in [0.2, 0.25) is 0 Å². The molecule has 0 spiro atoms. The van der Waals surface area contributed by atoms with Crippen LogP contribution >= 0.6 is 0 Å². The molecule has 0 radical (unpaired) electrons. The molecule has 0 aromatic heterocycles. The summed E-state index contributed by atoms with van der Waals surface area (Å²) >= 11 is 0. The van der Waals surface area contributed by atoms with E-state index in [2.05, 4.69) is 0 Å². The summed E-state index contributed by atoms with van der Waals surface area (Å²) in [4.78, 5) is 23.2. The van der Waals surface area contributed by atoms with Crippen molar-refractivity contribution in [1.29, 1.82) is 0 Å². The smallest absolute Gasteiger partial charge is 0.337 e. The lowest BCUT2D eigenvalue weighted by molar-refractivity contribution is 0.0592. The van der Waals surface area contributed by atoms with Crippen molar-refractivity contribution in [2.24, 2.45) is 0 Å². The van der Waals surface area contributed by atoms with Crippen molar-refractivity contribution in [1.82, 2.24) is 0 Å². The third-order valence-corrected chi connectivity index (χ3v) is 4.23. The highest BCUT2D eigenvalue weighted by atomic mass is 16.5. The van der Waals surface area contributed by atoms with Crippen LogP contribution in [0.1, 0.15) is 26.3 Å². The van der Waals surface area contributed by atoms with Crippen LogP contribution in [0.5, 0.6) is 5.75 Å². The average Bonchev–Trinajstić information content (AvgIpc) is 2.77. The second kappa shape index (κ2) is 8.86. The molecule has 0 unspecified atom stereocenters. The van der Waals surface area contributed by atoms with Crippen LogP contribution in [0, 0.1) is 0 Å². The summed E-state index contributed by atoms with van der Waals surface area (Å²) in [6.07, 6.45) is 0. The lowest BCUT2D eigenvalue weighted by Gasteiger charge is -2.09. The fraction of sp³-hybridized carbons (Fsp3) is 0.130. The number of benzene rings is 3. The fourth-order valence-electron chi connectivity index (χ4n) is 2.73. The maximum atomic E-state index is 11.7. The minimum absolute atomic E-state index is 0.366. The molecule has 28 heavy (non-hydrogen) atoms. The Bertz CT molecular complexity index is 976. The quantitative estimate of drug-likeness (QED) is 0.593. The molecule has 142 valence electrons. The summed E-state index contributed by atoms with van der Waals surface area (Å²) in [6, 6.07) is 22.0. The first kappa shape index (κ1) is 19.2. The molecule has 0 atom stereocenters. The van der Waals surface area contributed by atoms with Crippen molar-refractivity contribution in [2.75, 3.05) is 14.2 Å². The predicted octanol–water partition coefficient (Wildman–Crippen LogP) is 4.51. The van der Waals surface area contributed by atoms with Gasteiger partial charge in [0.25, 0.3) is 0 Å². The Labute approximate surface area is 163 Å². The number of hydrogen-bond donors (Lipinski definition) is 0. The van der Waals surface area contributed by atoms with E-state index in [-0.39, 0.29) is 11.9 Å². The average molecular weight is 376 g/mol. The van der Waals surface area contributed by atoms with Crippen molar-refractivity contribution in [3.05, 3.63) is 89.5 Å². The molecule has 3 aromatic rings. The van der Waals surface area contributed by atoms with Crippen molar-refractivity contribution in [3.63, 3.8) is 0 Å². The number of carbonyl (C=O) groups is 2. The molecular weight excluding hydrogens is 356 g/mol. The predicted molar refractivity (Wildman–Crippen MR) is 105 cm³/mol. The van der Waals surface area contributed by atoms with Crippen LogP contribution in [0.15, 0.2) is 72.8 Å².